The number of fused-ring (bicyclic) bond motifs is 1. The fourth-order valence-corrected chi connectivity index (χ4v) is 2.73. The summed E-state index contributed by atoms with van der Waals surface area (Å²) >= 11 is 1.98. The highest BCUT2D eigenvalue weighted by molar-refractivity contribution is 7.12. The Balaban J connectivity index is 2.32. The fraction of sp³-hybridized carbons (Fsp3) is 0.600. The van der Waals surface area contributed by atoms with E-state index in [1.54, 1.807) is 4.88 Å². The highest BCUT2D eigenvalue weighted by Crippen LogP contribution is 2.34. The Kier molecular flexibility index (Phi) is 2.09. The molecular weight excluding hydrogens is 166 g/mol. The van der Waals surface area contributed by atoms with Crippen molar-refractivity contribution < 1.29 is 0 Å². The number of aryl methyl sites for hydroxylation is 1. The summed E-state index contributed by atoms with van der Waals surface area (Å²) in [5, 5.41) is 3.45. The molecule has 1 aliphatic heterocycles. The minimum Gasteiger partial charge on any atom is -0.384 e. The molecule has 2 heterocycles. The Hall–Kier alpha value is -0.500. The maximum Gasteiger partial charge on any atom is 0.0484 e. The Bertz CT molecular complexity index is 252. The first-order chi connectivity index (χ1) is 5.77. The summed E-state index contributed by atoms with van der Waals surface area (Å²) in [5.74, 6) is 0.683. The fourth-order valence-electron chi connectivity index (χ4n) is 1.54. The molecule has 66 valence electrons. The average Bonchev–Trinajstić information content (AvgIpc) is 2.46. The maximum atomic E-state index is 3.45. The topological polar surface area (TPSA) is 12.0 Å². The van der Waals surface area contributed by atoms with Gasteiger partial charge in [-0.2, -0.15) is 0 Å². The largest absolute Gasteiger partial charge is 0.384 e. The molecule has 1 nitrogen and oxygen atoms in total. The predicted octanol–water partition coefficient (Wildman–Crippen LogP) is 3.23. The molecule has 1 aliphatic rings. The molecule has 0 saturated heterocycles. The lowest BCUT2D eigenvalue weighted by molar-refractivity contribution is 0.845. The molecule has 2 heteroatoms. The van der Waals surface area contributed by atoms with Gasteiger partial charge >= 0.3 is 0 Å². The van der Waals surface area contributed by atoms with E-state index in [0.29, 0.717) is 5.92 Å². The molecule has 1 aromatic rings. The summed E-state index contributed by atoms with van der Waals surface area (Å²) in [7, 11) is 0. The van der Waals surface area contributed by atoms with E-state index in [9.17, 15) is 0 Å². The van der Waals surface area contributed by atoms with Crippen LogP contribution in [0, 0.1) is 0 Å². The zero-order chi connectivity index (χ0) is 8.55. The van der Waals surface area contributed by atoms with E-state index in [0.717, 1.165) is 6.54 Å². The Morgan fingerprint density at radius 3 is 3.00 bits per heavy atom. The van der Waals surface area contributed by atoms with E-state index in [1.165, 1.54) is 23.4 Å². The molecule has 1 N–H and O–H groups in total. The minimum atomic E-state index is 0.683. The van der Waals surface area contributed by atoms with E-state index in [1.807, 2.05) is 11.3 Å². The second-order valence-electron chi connectivity index (χ2n) is 3.67. The van der Waals surface area contributed by atoms with Crippen LogP contribution in [0.4, 0.5) is 5.69 Å². The normalized spacial score (nSPS) is 15.9. The summed E-state index contributed by atoms with van der Waals surface area (Å²) in [4.78, 5) is 3.08. The van der Waals surface area contributed by atoms with Crippen LogP contribution in [0.25, 0.3) is 0 Å². The van der Waals surface area contributed by atoms with Gasteiger partial charge in [0.05, 0.1) is 0 Å². The molecule has 12 heavy (non-hydrogen) atoms. The van der Waals surface area contributed by atoms with Gasteiger partial charge in [0.25, 0.3) is 0 Å². The van der Waals surface area contributed by atoms with Crippen molar-refractivity contribution in [3.63, 3.8) is 0 Å². The van der Waals surface area contributed by atoms with E-state index < -0.39 is 0 Å². The molecule has 1 aromatic heterocycles. The lowest BCUT2D eigenvalue weighted by atomic mass is 10.1. The van der Waals surface area contributed by atoms with Gasteiger partial charge in [-0.25, -0.2) is 0 Å². The van der Waals surface area contributed by atoms with Gasteiger partial charge in [0, 0.05) is 22.0 Å². The number of thiophene rings is 1. The van der Waals surface area contributed by atoms with Crippen molar-refractivity contribution in [2.75, 3.05) is 11.9 Å². The van der Waals surface area contributed by atoms with E-state index in [2.05, 4.69) is 25.2 Å². The molecule has 0 radical (unpaired) electrons. The summed E-state index contributed by atoms with van der Waals surface area (Å²) in [5.41, 5.74) is 1.40. The van der Waals surface area contributed by atoms with Gasteiger partial charge in [-0.05, 0) is 24.8 Å². The molecule has 0 fully saturated rings. The summed E-state index contributed by atoms with van der Waals surface area (Å²) in [6, 6.07) is 2.32. The van der Waals surface area contributed by atoms with Gasteiger partial charge in [-0.1, -0.05) is 13.8 Å². The second-order valence-corrected chi connectivity index (χ2v) is 4.84. The van der Waals surface area contributed by atoms with Crippen LogP contribution in [-0.2, 0) is 6.42 Å². The zero-order valence-corrected chi connectivity index (χ0v) is 8.50. The smallest absolute Gasteiger partial charge is 0.0484 e. The van der Waals surface area contributed by atoms with Gasteiger partial charge in [0.1, 0.15) is 0 Å². The first-order valence-corrected chi connectivity index (χ1v) is 5.45. The number of rotatable bonds is 1. The monoisotopic (exact) mass is 181 g/mol. The molecule has 0 aliphatic carbocycles. The Morgan fingerprint density at radius 2 is 2.33 bits per heavy atom. The van der Waals surface area contributed by atoms with Crippen molar-refractivity contribution >= 4 is 17.0 Å². The van der Waals surface area contributed by atoms with Crippen LogP contribution in [0.1, 0.15) is 35.9 Å². The van der Waals surface area contributed by atoms with Crippen LogP contribution in [0.3, 0.4) is 0 Å². The third-order valence-corrected chi connectivity index (χ3v) is 3.79. The highest BCUT2D eigenvalue weighted by Gasteiger charge is 2.13. The van der Waals surface area contributed by atoms with E-state index >= 15 is 0 Å². The van der Waals surface area contributed by atoms with E-state index in [-0.39, 0.29) is 0 Å². The summed E-state index contributed by atoms with van der Waals surface area (Å²) in [6.07, 6.45) is 2.57. The van der Waals surface area contributed by atoms with Crippen LogP contribution >= 0.6 is 11.3 Å². The van der Waals surface area contributed by atoms with E-state index in [4.69, 9.17) is 0 Å². The third kappa shape index (κ3) is 1.36. The molecule has 2 rings (SSSR count). The number of hydrogen-bond donors (Lipinski definition) is 1. The molecule has 0 aromatic carbocycles. The van der Waals surface area contributed by atoms with Crippen LogP contribution < -0.4 is 5.32 Å². The first-order valence-electron chi connectivity index (χ1n) is 4.64. The van der Waals surface area contributed by atoms with Crippen molar-refractivity contribution in [2.24, 2.45) is 0 Å². The zero-order valence-electron chi connectivity index (χ0n) is 7.68. The molecule has 0 atom stereocenters. The maximum absolute atomic E-state index is 3.45. The van der Waals surface area contributed by atoms with Crippen LogP contribution in [0.15, 0.2) is 6.07 Å². The van der Waals surface area contributed by atoms with Gasteiger partial charge in [0.2, 0.25) is 0 Å². The minimum absolute atomic E-state index is 0.683. The lowest BCUT2D eigenvalue weighted by Crippen LogP contribution is -2.08. The SMILES string of the molecule is CC(C)c1cc2c(s1)CCCN2. The van der Waals surface area contributed by atoms with Crippen molar-refractivity contribution in [2.45, 2.75) is 32.6 Å². The van der Waals surface area contributed by atoms with Crippen molar-refractivity contribution in [3.05, 3.63) is 15.8 Å². The molecule has 0 saturated carbocycles. The van der Waals surface area contributed by atoms with Crippen molar-refractivity contribution in [1.29, 1.82) is 0 Å². The number of nitrogens with one attached hydrogen (secondary N) is 1. The quantitative estimate of drug-likeness (QED) is 0.701. The summed E-state index contributed by atoms with van der Waals surface area (Å²) < 4.78 is 0. The van der Waals surface area contributed by atoms with Gasteiger partial charge in [-0.15, -0.1) is 11.3 Å². The van der Waals surface area contributed by atoms with Crippen LogP contribution in [0.2, 0.25) is 0 Å². The number of hydrogen-bond acceptors (Lipinski definition) is 2. The molecular formula is C10H15NS. The molecule has 0 bridgehead atoms. The lowest BCUT2D eigenvalue weighted by Gasteiger charge is -2.12. The predicted molar refractivity (Wildman–Crippen MR) is 55.2 cm³/mol. The molecule has 0 amide bonds. The van der Waals surface area contributed by atoms with Crippen LogP contribution in [-0.4, -0.2) is 6.54 Å². The first kappa shape index (κ1) is 8.11. The molecule has 0 unspecified atom stereocenters. The molecule has 0 spiro atoms. The highest BCUT2D eigenvalue weighted by atomic mass is 32.1. The van der Waals surface area contributed by atoms with Crippen molar-refractivity contribution in [1.82, 2.24) is 0 Å². The van der Waals surface area contributed by atoms with Gasteiger partial charge in [-0.3, -0.25) is 0 Å². The van der Waals surface area contributed by atoms with Gasteiger partial charge < -0.3 is 5.32 Å². The van der Waals surface area contributed by atoms with Crippen molar-refractivity contribution in [3.8, 4) is 0 Å². The Labute approximate surface area is 77.8 Å². The third-order valence-electron chi connectivity index (χ3n) is 2.29. The average molecular weight is 181 g/mol. The Morgan fingerprint density at radius 1 is 1.50 bits per heavy atom. The summed E-state index contributed by atoms with van der Waals surface area (Å²) in [6.45, 7) is 5.68. The number of anilines is 1. The van der Waals surface area contributed by atoms with Gasteiger partial charge in [0.15, 0.2) is 0 Å². The van der Waals surface area contributed by atoms with Crippen LogP contribution in [0.5, 0.6) is 0 Å². The standard InChI is InChI=1S/C10H15NS/c1-7(2)10-6-8-9(12-10)4-3-5-11-8/h6-7,11H,3-5H2,1-2H3. The second kappa shape index (κ2) is 3.09.